The van der Waals surface area contributed by atoms with Gasteiger partial charge in [0.15, 0.2) is 11.6 Å². The number of hydrogen-bond acceptors (Lipinski definition) is 4. The molecule has 1 aromatic rings. The normalized spacial score (nSPS) is 20.1. The molecule has 2 aliphatic heterocycles. The van der Waals surface area contributed by atoms with Gasteiger partial charge in [-0.15, -0.1) is 0 Å². The van der Waals surface area contributed by atoms with E-state index in [9.17, 15) is 19.1 Å². The van der Waals surface area contributed by atoms with Gasteiger partial charge < -0.3 is 14.7 Å². The van der Waals surface area contributed by atoms with Crippen molar-refractivity contribution in [2.45, 2.75) is 38.1 Å². The molecule has 0 spiro atoms. The first-order valence-corrected chi connectivity index (χ1v) is 9.57. The van der Waals surface area contributed by atoms with Crippen LogP contribution in [0, 0.1) is 11.7 Å². The summed E-state index contributed by atoms with van der Waals surface area (Å²) in [5.74, 6) is -0.665. The standard InChI is InChI=1S/C20H27FN2O4/c1-27-17-5-4-15(13-16(17)21)19(20(25)26)23-11-7-14(8-12-23)6-10-22-9-2-3-18(22)24/h4-5,13-14,19H,2-3,6-12H2,1H3,(H,25,26). The van der Waals surface area contributed by atoms with Crippen molar-refractivity contribution in [2.24, 2.45) is 5.92 Å². The fraction of sp³-hybridized carbons (Fsp3) is 0.600. The molecule has 0 saturated carbocycles. The Kier molecular flexibility index (Phi) is 6.31. The molecule has 2 fully saturated rings. The Morgan fingerprint density at radius 3 is 2.63 bits per heavy atom. The number of piperidine rings is 1. The zero-order valence-corrected chi connectivity index (χ0v) is 15.7. The number of aliphatic carboxylic acids is 1. The van der Waals surface area contributed by atoms with Crippen LogP contribution in [0.3, 0.4) is 0 Å². The van der Waals surface area contributed by atoms with E-state index >= 15 is 0 Å². The topological polar surface area (TPSA) is 70.1 Å². The summed E-state index contributed by atoms with van der Waals surface area (Å²) in [6, 6.07) is 3.49. The maximum Gasteiger partial charge on any atom is 0.325 e. The summed E-state index contributed by atoms with van der Waals surface area (Å²) < 4.78 is 18.9. The average molecular weight is 378 g/mol. The van der Waals surface area contributed by atoms with Gasteiger partial charge in [-0.1, -0.05) is 6.07 Å². The molecule has 0 aromatic heterocycles. The first-order valence-electron chi connectivity index (χ1n) is 9.57. The van der Waals surface area contributed by atoms with Gasteiger partial charge >= 0.3 is 5.97 Å². The highest BCUT2D eigenvalue weighted by atomic mass is 19.1. The van der Waals surface area contributed by atoms with Crippen LogP contribution in [-0.4, -0.2) is 60.1 Å². The van der Waals surface area contributed by atoms with E-state index in [4.69, 9.17) is 4.74 Å². The van der Waals surface area contributed by atoms with E-state index in [0.717, 1.165) is 38.8 Å². The Balaban J connectivity index is 1.58. The Morgan fingerprint density at radius 2 is 2.07 bits per heavy atom. The first kappa shape index (κ1) is 19.6. The number of carbonyl (C=O) groups is 2. The van der Waals surface area contributed by atoms with Gasteiger partial charge in [-0.3, -0.25) is 14.5 Å². The highest BCUT2D eigenvalue weighted by Crippen LogP contribution is 2.31. The number of benzene rings is 1. The molecule has 7 heteroatoms. The minimum atomic E-state index is -0.972. The summed E-state index contributed by atoms with van der Waals surface area (Å²) in [5, 5.41) is 9.70. The van der Waals surface area contributed by atoms with Crippen molar-refractivity contribution in [2.75, 3.05) is 33.3 Å². The van der Waals surface area contributed by atoms with E-state index in [1.54, 1.807) is 6.07 Å². The third kappa shape index (κ3) is 4.58. The first-order chi connectivity index (χ1) is 13.0. The average Bonchev–Trinajstić information content (AvgIpc) is 3.06. The second-order valence-electron chi connectivity index (χ2n) is 7.39. The quantitative estimate of drug-likeness (QED) is 0.790. The zero-order valence-electron chi connectivity index (χ0n) is 15.7. The number of rotatable bonds is 7. The number of nitrogens with zero attached hydrogens (tertiary/aromatic N) is 2. The molecule has 1 aromatic carbocycles. The third-order valence-electron chi connectivity index (χ3n) is 5.72. The van der Waals surface area contributed by atoms with Gasteiger partial charge in [-0.25, -0.2) is 4.39 Å². The molecule has 2 saturated heterocycles. The molecule has 1 N–H and O–H groups in total. The van der Waals surface area contributed by atoms with Crippen LogP contribution in [-0.2, 0) is 9.59 Å². The largest absolute Gasteiger partial charge is 0.494 e. The smallest absolute Gasteiger partial charge is 0.325 e. The number of carboxylic acid groups (broad SMARTS) is 1. The molecular formula is C20H27FN2O4. The predicted molar refractivity (Wildman–Crippen MR) is 98.1 cm³/mol. The fourth-order valence-corrected chi connectivity index (χ4v) is 4.14. The molecule has 0 bridgehead atoms. The van der Waals surface area contributed by atoms with Crippen molar-refractivity contribution in [3.63, 3.8) is 0 Å². The summed E-state index contributed by atoms with van der Waals surface area (Å²) in [7, 11) is 1.38. The number of ether oxygens (including phenoxy) is 1. The molecule has 2 aliphatic rings. The fourth-order valence-electron chi connectivity index (χ4n) is 4.14. The van der Waals surface area contributed by atoms with Crippen molar-refractivity contribution >= 4 is 11.9 Å². The molecular weight excluding hydrogens is 351 g/mol. The van der Waals surface area contributed by atoms with Crippen LogP contribution in [0.15, 0.2) is 18.2 Å². The van der Waals surface area contributed by atoms with Crippen molar-refractivity contribution in [3.05, 3.63) is 29.6 Å². The van der Waals surface area contributed by atoms with Crippen LogP contribution >= 0.6 is 0 Å². The summed E-state index contributed by atoms with van der Waals surface area (Å²) in [6.07, 6.45) is 4.37. The van der Waals surface area contributed by atoms with Gasteiger partial charge in [0.1, 0.15) is 6.04 Å². The van der Waals surface area contributed by atoms with E-state index < -0.39 is 17.8 Å². The highest BCUT2D eigenvalue weighted by Gasteiger charge is 2.32. The summed E-state index contributed by atoms with van der Waals surface area (Å²) in [4.78, 5) is 27.4. The molecule has 0 aliphatic carbocycles. The van der Waals surface area contributed by atoms with Gasteiger partial charge in [0.2, 0.25) is 5.91 Å². The van der Waals surface area contributed by atoms with Crippen molar-refractivity contribution < 1.29 is 23.8 Å². The monoisotopic (exact) mass is 378 g/mol. The minimum Gasteiger partial charge on any atom is -0.494 e. The molecule has 0 radical (unpaired) electrons. The molecule has 148 valence electrons. The molecule has 27 heavy (non-hydrogen) atoms. The zero-order chi connectivity index (χ0) is 19.4. The lowest BCUT2D eigenvalue weighted by molar-refractivity contribution is -0.144. The third-order valence-corrected chi connectivity index (χ3v) is 5.72. The number of carboxylic acids is 1. The molecule has 2 heterocycles. The lowest BCUT2D eigenvalue weighted by Gasteiger charge is -2.36. The molecule has 1 unspecified atom stereocenters. The Morgan fingerprint density at radius 1 is 1.33 bits per heavy atom. The second kappa shape index (κ2) is 8.69. The molecule has 1 atom stereocenters. The van der Waals surface area contributed by atoms with Gasteiger partial charge in [-0.05, 0) is 62.4 Å². The van der Waals surface area contributed by atoms with Crippen molar-refractivity contribution in [1.29, 1.82) is 0 Å². The Bertz CT molecular complexity index is 689. The van der Waals surface area contributed by atoms with Gasteiger partial charge in [0.25, 0.3) is 0 Å². The van der Waals surface area contributed by atoms with Crippen LogP contribution in [0.2, 0.25) is 0 Å². The van der Waals surface area contributed by atoms with E-state index in [-0.39, 0.29) is 11.7 Å². The van der Waals surface area contributed by atoms with Crippen LogP contribution in [0.5, 0.6) is 5.75 Å². The van der Waals surface area contributed by atoms with Crippen LogP contribution in [0.1, 0.15) is 43.7 Å². The number of halogens is 1. The summed E-state index contributed by atoms with van der Waals surface area (Å²) in [5.41, 5.74) is 0.432. The molecule has 1 amide bonds. The van der Waals surface area contributed by atoms with E-state index in [0.29, 0.717) is 31.0 Å². The Hall–Kier alpha value is -2.15. The SMILES string of the molecule is COc1ccc(C(C(=O)O)N2CCC(CCN3CCCC3=O)CC2)cc1F. The minimum absolute atomic E-state index is 0.109. The Labute approximate surface area is 158 Å². The highest BCUT2D eigenvalue weighted by molar-refractivity contribution is 5.78. The number of amides is 1. The molecule has 3 rings (SSSR count). The van der Waals surface area contributed by atoms with Crippen molar-refractivity contribution in [3.8, 4) is 5.75 Å². The van der Waals surface area contributed by atoms with E-state index in [1.165, 1.54) is 19.2 Å². The van der Waals surface area contributed by atoms with Crippen LogP contribution in [0.4, 0.5) is 4.39 Å². The lowest BCUT2D eigenvalue weighted by atomic mass is 9.91. The van der Waals surface area contributed by atoms with Gasteiger partial charge in [0.05, 0.1) is 7.11 Å². The number of carbonyl (C=O) groups excluding carboxylic acids is 1. The van der Waals surface area contributed by atoms with Gasteiger partial charge in [-0.2, -0.15) is 0 Å². The van der Waals surface area contributed by atoms with Crippen LogP contribution in [0.25, 0.3) is 0 Å². The predicted octanol–water partition coefficient (Wildman–Crippen LogP) is 2.68. The summed E-state index contributed by atoms with van der Waals surface area (Å²) >= 11 is 0. The lowest BCUT2D eigenvalue weighted by Crippen LogP contribution is -2.40. The summed E-state index contributed by atoms with van der Waals surface area (Å²) in [6.45, 7) is 2.98. The number of likely N-dealkylation sites (tertiary alicyclic amines) is 2. The van der Waals surface area contributed by atoms with E-state index in [1.807, 2.05) is 9.80 Å². The molecule has 6 nitrogen and oxygen atoms in total. The maximum atomic E-state index is 14.0. The number of hydrogen-bond donors (Lipinski definition) is 1. The van der Waals surface area contributed by atoms with Crippen molar-refractivity contribution in [1.82, 2.24) is 9.80 Å². The van der Waals surface area contributed by atoms with E-state index in [2.05, 4.69) is 0 Å². The van der Waals surface area contributed by atoms with Gasteiger partial charge in [0, 0.05) is 19.5 Å². The maximum absolute atomic E-state index is 14.0. The van der Waals surface area contributed by atoms with Crippen LogP contribution < -0.4 is 4.74 Å². The number of methoxy groups -OCH3 is 1. The second-order valence-corrected chi connectivity index (χ2v) is 7.39.